The van der Waals surface area contributed by atoms with E-state index in [0.717, 1.165) is 29.7 Å². The minimum atomic E-state index is -0.0569. The summed E-state index contributed by atoms with van der Waals surface area (Å²) in [7, 11) is 1.78. The van der Waals surface area contributed by atoms with Gasteiger partial charge in [-0.25, -0.2) is 0 Å². The van der Waals surface area contributed by atoms with Gasteiger partial charge in [0.1, 0.15) is 0 Å². The summed E-state index contributed by atoms with van der Waals surface area (Å²) in [6.45, 7) is 3.23. The van der Waals surface area contributed by atoms with Crippen molar-refractivity contribution in [3.05, 3.63) is 56.0 Å². The molecule has 32 heavy (non-hydrogen) atoms. The molecule has 0 unspecified atom stereocenters. The summed E-state index contributed by atoms with van der Waals surface area (Å²) >= 11 is 8.78. The van der Waals surface area contributed by atoms with Crippen molar-refractivity contribution in [2.45, 2.75) is 44.4 Å². The van der Waals surface area contributed by atoms with E-state index in [0.29, 0.717) is 33.7 Å². The van der Waals surface area contributed by atoms with Crippen LogP contribution in [0.1, 0.15) is 31.1 Å². The van der Waals surface area contributed by atoms with E-state index in [1.165, 1.54) is 23.1 Å². The Morgan fingerprint density at radius 2 is 2.00 bits per heavy atom. The number of benzene rings is 1. The Kier molecular flexibility index (Phi) is 7.17. The minimum absolute atomic E-state index is 0.0168. The maximum Gasteiger partial charge on any atom is 0.262 e. The highest BCUT2D eigenvalue weighted by Crippen LogP contribution is 2.24. The molecule has 0 bridgehead atoms. The van der Waals surface area contributed by atoms with E-state index in [9.17, 15) is 9.59 Å². The van der Waals surface area contributed by atoms with Crippen LogP contribution in [0.25, 0.3) is 16.7 Å². The molecule has 1 amide bonds. The zero-order valence-corrected chi connectivity index (χ0v) is 20.3. The molecule has 1 aromatic carbocycles. The predicted octanol–water partition coefficient (Wildman–Crippen LogP) is 4.70. The van der Waals surface area contributed by atoms with Gasteiger partial charge in [0.15, 0.2) is 5.16 Å². The lowest BCUT2D eigenvalue weighted by Crippen LogP contribution is -2.27. The predicted molar refractivity (Wildman–Crippen MR) is 131 cm³/mol. The molecule has 0 saturated heterocycles. The number of carbonyl (C=O) groups excluding carboxylic acids is 1. The number of amides is 1. The Hall–Kier alpha value is -2.36. The monoisotopic (exact) mass is 489 g/mol. The highest BCUT2D eigenvalue weighted by molar-refractivity contribution is 7.99. The molecular weight excluding hydrogens is 466 g/mol. The number of para-hydroxylation sites is 1. The number of rotatable bonds is 9. The summed E-state index contributed by atoms with van der Waals surface area (Å²) in [5.74, 6) is 0.720. The first-order valence-electron chi connectivity index (χ1n) is 10.5. The van der Waals surface area contributed by atoms with E-state index in [2.05, 4.69) is 17.1 Å². The number of carbonyl (C=O) groups is 1. The lowest BCUT2D eigenvalue weighted by molar-refractivity contribution is -0.127. The Morgan fingerprint density at radius 3 is 2.75 bits per heavy atom. The first-order chi connectivity index (χ1) is 15.5. The Balaban J connectivity index is 1.60. The summed E-state index contributed by atoms with van der Waals surface area (Å²) in [6.07, 6.45) is 3.01. The standard InChI is InChI=1S/C22H24ClN5O2S2/c1-3-4-7-12-27-20(30)16-8-5-6-9-17(16)28-21(27)24-25-22(28)31-14-19(29)26(2)13-15-10-11-18(23)32-15/h5-6,8-11H,3-4,7,12-14H2,1-2H3. The third-order valence-corrected chi connectivity index (χ3v) is 7.37. The topological polar surface area (TPSA) is 72.5 Å². The van der Waals surface area contributed by atoms with Gasteiger partial charge < -0.3 is 4.90 Å². The molecular formula is C22H24ClN5O2S2. The molecule has 168 valence electrons. The van der Waals surface area contributed by atoms with Gasteiger partial charge in [0.2, 0.25) is 11.7 Å². The van der Waals surface area contributed by atoms with Gasteiger partial charge in [-0.15, -0.1) is 21.5 Å². The van der Waals surface area contributed by atoms with Crippen molar-refractivity contribution in [2.75, 3.05) is 12.8 Å². The molecule has 3 heterocycles. The number of aryl methyl sites for hydroxylation is 1. The number of aromatic nitrogens is 4. The molecule has 0 aliphatic rings. The van der Waals surface area contributed by atoms with Crippen molar-refractivity contribution in [2.24, 2.45) is 0 Å². The third kappa shape index (κ3) is 4.69. The molecule has 0 N–H and O–H groups in total. The van der Waals surface area contributed by atoms with Crippen LogP contribution in [0.3, 0.4) is 0 Å². The van der Waals surface area contributed by atoms with Crippen molar-refractivity contribution >= 4 is 57.3 Å². The Labute approximate surface area is 199 Å². The second kappa shape index (κ2) is 10.1. The van der Waals surface area contributed by atoms with Gasteiger partial charge in [0.05, 0.1) is 27.5 Å². The van der Waals surface area contributed by atoms with Crippen LogP contribution < -0.4 is 5.56 Å². The maximum atomic E-state index is 13.1. The highest BCUT2D eigenvalue weighted by Gasteiger charge is 2.18. The first-order valence-corrected chi connectivity index (χ1v) is 12.6. The van der Waals surface area contributed by atoms with Gasteiger partial charge in [-0.3, -0.25) is 18.6 Å². The largest absolute Gasteiger partial charge is 0.340 e. The summed E-state index contributed by atoms with van der Waals surface area (Å²) < 4.78 is 4.30. The lowest BCUT2D eigenvalue weighted by atomic mass is 10.2. The third-order valence-electron chi connectivity index (χ3n) is 5.24. The second-order valence-electron chi connectivity index (χ2n) is 7.54. The number of thioether (sulfide) groups is 1. The van der Waals surface area contributed by atoms with Crippen LogP contribution in [0.4, 0.5) is 0 Å². The highest BCUT2D eigenvalue weighted by atomic mass is 35.5. The van der Waals surface area contributed by atoms with Crippen molar-refractivity contribution in [1.29, 1.82) is 0 Å². The number of unbranched alkanes of at least 4 members (excludes halogenated alkanes) is 2. The van der Waals surface area contributed by atoms with E-state index < -0.39 is 0 Å². The molecule has 0 aliphatic heterocycles. The molecule has 0 saturated carbocycles. The molecule has 0 aliphatic carbocycles. The van der Waals surface area contributed by atoms with Crippen LogP contribution in [0, 0.1) is 0 Å². The van der Waals surface area contributed by atoms with E-state index >= 15 is 0 Å². The summed E-state index contributed by atoms with van der Waals surface area (Å²) in [4.78, 5) is 28.5. The fourth-order valence-corrected chi connectivity index (χ4v) is 5.57. The number of thiophene rings is 1. The fraction of sp³-hybridized carbons (Fsp3) is 0.364. The van der Waals surface area contributed by atoms with E-state index in [1.807, 2.05) is 40.8 Å². The van der Waals surface area contributed by atoms with E-state index in [1.54, 1.807) is 16.5 Å². The number of halogens is 1. The van der Waals surface area contributed by atoms with Crippen LogP contribution >= 0.6 is 34.7 Å². The van der Waals surface area contributed by atoms with Crippen LogP contribution in [-0.4, -0.2) is 42.8 Å². The molecule has 0 atom stereocenters. The second-order valence-corrected chi connectivity index (χ2v) is 10.3. The van der Waals surface area contributed by atoms with E-state index in [4.69, 9.17) is 11.6 Å². The van der Waals surface area contributed by atoms with E-state index in [-0.39, 0.29) is 17.2 Å². The van der Waals surface area contributed by atoms with Gasteiger partial charge in [-0.2, -0.15) is 0 Å². The quantitative estimate of drug-likeness (QED) is 0.252. The molecule has 7 nitrogen and oxygen atoms in total. The number of nitrogens with zero attached hydrogens (tertiary/aromatic N) is 5. The maximum absolute atomic E-state index is 13.1. The van der Waals surface area contributed by atoms with Crippen molar-refractivity contribution < 1.29 is 4.79 Å². The summed E-state index contributed by atoms with van der Waals surface area (Å²) in [5.41, 5.74) is 0.694. The summed E-state index contributed by atoms with van der Waals surface area (Å²) in [6, 6.07) is 11.2. The molecule has 4 aromatic rings. The molecule has 3 aromatic heterocycles. The van der Waals surface area contributed by atoms with Gasteiger partial charge in [-0.1, -0.05) is 55.3 Å². The molecule has 0 fully saturated rings. The molecule has 4 rings (SSSR count). The number of fused-ring (bicyclic) bond motifs is 3. The van der Waals surface area contributed by atoms with Crippen molar-refractivity contribution in [3.8, 4) is 0 Å². The Bertz CT molecular complexity index is 1310. The van der Waals surface area contributed by atoms with Crippen molar-refractivity contribution in [1.82, 2.24) is 24.1 Å². The van der Waals surface area contributed by atoms with Crippen LogP contribution in [0.5, 0.6) is 0 Å². The summed E-state index contributed by atoms with van der Waals surface area (Å²) in [5, 5.41) is 9.86. The van der Waals surface area contributed by atoms with Gasteiger partial charge in [0.25, 0.3) is 5.56 Å². The zero-order chi connectivity index (χ0) is 22.7. The SMILES string of the molecule is CCCCCn1c(=O)c2ccccc2n2c(SCC(=O)N(C)Cc3ccc(Cl)s3)nnc12. The smallest absolute Gasteiger partial charge is 0.262 e. The normalized spacial score (nSPS) is 11.5. The van der Waals surface area contributed by atoms with Crippen molar-refractivity contribution in [3.63, 3.8) is 0 Å². The zero-order valence-electron chi connectivity index (χ0n) is 18.0. The lowest BCUT2D eigenvalue weighted by Gasteiger charge is -2.15. The van der Waals surface area contributed by atoms with Gasteiger partial charge in [-0.05, 0) is 30.7 Å². The van der Waals surface area contributed by atoms with Gasteiger partial charge in [0, 0.05) is 18.5 Å². The van der Waals surface area contributed by atoms with Crippen LogP contribution in [-0.2, 0) is 17.9 Å². The molecule has 10 heteroatoms. The number of hydrogen-bond donors (Lipinski definition) is 0. The van der Waals surface area contributed by atoms with Gasteiger partial charge >= 0.3 is 0 Å². The molecule has 0 spiro atoms. The van der Waals surface area contributed by atoms with Crippen LogP contribution in [0.15, 0.2) is 46.3 Å². The Morgan fingerprint density at radius 1 is 1.19 bits per heavy atom. The first kappa shape index (κ1) is 22.8. The minimum Gasteiger partial charge on any atom is -0.340 e. The number of hydrogen-bond acceptors (Lipinski definition) is 6. The average Bonchev–Trinajstić information content (AvgIpc) is 3.40. The van der Waals surface area contributed by atoms with Crippen LogP contribution in [0.2, 0.25) is 4.34 Å². The fourth-order valence-electron chi connectivity index (χ4n) is 3.54. The molecule has 0 radical (unpaired) electrons. The average molecular weight is 490 g/mol.